The maximum absolute atomic E-state index is 13.8. The molecule has 1 unspecified atom stereocenters. The molecule has 1 atom stereocenters. The highest BCUT2D eigenvalue weighted by Crippen LogP contribution is 2.45. The molecule has 1 fully saturated rings. The summed E-state index contributed by atoms with van der Waals surface area (Å²) in [4.78, 5) is 27.5. The minimum Gasteiger partial charge on any atom is -0.507 e. The summed E-state index contributed by atoms with van der Waals surface area (Å²) < 4.78 is 19.1. The van der Waals surface area contributed by atoms with Gasteiger partial charge >= 0.3 is 0 Å². The van der Waals surface area contributed by atoms with Gasteiger partial charge in [0.15, 0.2) is 0 Å². The van der Waals surface area contributed by atoms with Gasteiger partial charge in [-0.15, -0.1) is 0 Å². The zero-order valence-corrected chi connectivity index (χ0v) is 20.3. The maximum Gasteiger partial charge on any atom is 0.300 e. The van der Waals surface area contributed by atoms with E-state index in [-0.39, 0.29) is 37.6 Å². The van der Waals surface area contributed by atoms with Crippen LogP contribution in [0.1, 0.15) is 17.2 Å². The molecule has 3 aromatic rings. The zero-order chi connectivity index (χ0) is 24.7. The highest BCUT2D eigenvalue weighted by Gasteiger charge is 2.47. The van der Waals surface area contributed by atoms with Crippen LogP contribution in [0.2, 0.25) is 20.1 Å². The summed E-state index contributed by atoms with van der Waals surface area (Å²) in [5.41, 5.74) is 0.389. The lowest BCUT2D eigenvalue weighted by molar-refractivity contribution is -0.132. The van der Waals surface area contributed by atoms with Crippen LogP contribution in [-0.4, -0.2) is 23.9 Å². The second-order valence-electron chi connectivity index (χ2n) is 7.29. The summed E-state index contributed by atoms with van der Waals surface area (Å²) >= 11 is 24.3. The van der Waals surface area contributed by atoms with Gasteiger partial charge in [-0.1, -0.05) is 58.5 Å². The largest absolute Gasteiger partial charge is 0.507 e. The van der Waals surface area contributed by atoms with Crippen LogP contribution in [-0.2, 0) is 9.59 Å². The number of carbonyl (C=O) groups excluding carboxylic acids is 2. The molecule has 0 aliphatic carbocycles. The van der Waals surface area contributed by atoms with Crippen LogP contribution >= 0.6 is 46.4 Å². The van der Waals surface area contributed by atoms with Crippen LogP contribution in [0, 0.1) is 5.82 Å². The second-order valence-corrected chi connectivity index (χ2v) is 8.97. The lowest BCUT2D eigenvalue weighted by Gasteiger charge is -2.26. The molecule has 0 radical (unpaired) electrons. The highest BCUT2D eigenvalue weighted by molar-refractivity contribution is 6.52. The van der Waals surface area contributed by atoms with Gasteiger partial charge in [-0.25, -0.2) is 4.39 Å². The van der Waals surface area contributed by atoms with Gasteiger partial charge in [-0.2, -0.15) is 0 Å². The van der Waals surface area contributed by atoms with Gasteiger partial charge in [0, 0.05) is 15.7 Å². The van der Waals surface area contributed by atoms with Gasteiger partial charge < -0.3 is 9.84 Å². The average Bonchev–Trinajstić information content (AvgIpc) is 3.06. The molecule has 0 saturated carbocycles. The number of methoxy groups -OCH3 is 1. The van der Waals surface area contributed by atoms with Gasteiger partial charge in [-0.05, 0) is 48.0 Å². The lowest BCUT2D eigenvalue weighted by Crippen LogP contribution is -2.29. The van der Waals surface area contributed by atoms with E-state index in [1.54, 1.807) is 24.3 Å². The number of halogens is 5. The number of ketones is 1. The Hall–Kier alpha value is -2.77. The molecule has 174 valence electrons. The van der Waals surface area contributed by atoms with E-state index in [0.717, 1.165) is 11.0 Å². The molecular weight excluding hydrogens is 527 g/mol. The molecule has 0 aromatic heterocycles. The van der Waals surface area contributed by atoms with Gasteiger partial charge in [0.25, 0.3) is 11.7 Å². The van der Waals surface area contributed by atoms with Crippen molar-refractivity contribution in [2.75, 3.05) is 12.0 Å². The molecule has 1 heterocycles. The van der Waals surface area contributed by atoms with Crippen molar-refractivity contribution in [2.24, 2.45) is 0 Å². The van der Waals surface area contributed by atoms with E-state index in [9.17, 15) is 19.1 Å². The fourth-order valence-corrected chi connectivity index (χ4v) is 4.65. The van der Waals surface area contributed by atoms with Crippen molar-refractivity contribution < 1.29 is 23.8 Å². The number of Topliss-reactive ketones (excluding diaryl/α,β-unsaturated/α-hetero) is 1. The summed E-state index contributed by atoms with van der Waals surface area (Å²) in [5, 5.41) is 11.7. The lowest BCUT2D eigenvalue weighted by atomic mass is 9.95. The first-order chi connectivity index (χ1) is 16.1. The van der Waals surface area contributed by atoms with E-state index in [4.69, 9.17) is 51.1 Å². The number of aliphatic hydroxyl groups excluding tert-OH is 1. The first-order valence-corrected chi connectivity index (χ1v) is 11.2. The number of hydrogen-bond acceptors (Lipinski definition) is 4. The normalized spacial score (nSPS) is 17.4. The number of amides is 1. The minimum absolute atomic E-state index is 0.0223. The summed E-state index contributed by atoms with van der Waals surface area (Å²) in [6.45, 7) is 0. The van der Waals surface area contributed by atoms with E-state index in [2.05, 4.69) is 0 Å². The van der Waals surface area contributed by atoms with Crippen molar-refractivity contribution in [3.63, 3.8) is 0 Å². The Balaban J connectivity index is 2.01. The van der Waals surface area contributed by atoms with Crippen molar-refractivity contribution in [3.05, 3.63) is 97.2 Å². The molecule has 34 heavy (non-hydrogen) atoms. The van der Waals surface area contributed by atoms with E-state index in [1.807, 2.05) is 0 Å². The van der Waals surface area contributed by atoms with Crippen LogP contribution in [0.4, 0.5) is 10.1 Å². The van der Waals surface area contributed by atoms with E-state index >= 15 is 0 Å². The quantitative estimate of drug-likeness (QED) is 0.218. The number of benzene rings is 3. The molecule has 1 saturated heterocycles. The Morgan fingerprint density at radius 2 is 1.62 bits per heavy atom. The Labute approximate surface area is 213 Å². The number of rotatable bonds is 4. The summed E-state index contributed by atoms with van der Waals surface area (Å²) in [7, 11) is 1.34. The topological polar surface area (TPSA) is 66.8 Å². The van der Waals surface area contributed by atoms with E-state index < -0.39 is 29.3 Å². The molecule has 4 rings (SSSR count). The number of ether oxygens (including phenoxy) is 1. The number of carbonyl (C=O) groups is 2. The zero-order valence-electron chi connectivity index (χ0n) is 17.3. The van der Waals surface area contributed by atoms with Crippen LogP contribution in [0.15, 0.2) is 60.2 Å². The van der Waals surface area contributed by atoms with Gasteiger partial charge in [0.05, 0.1) is 34.3 Å². The number of nitrogens with zero attached hydrogens (tertiary/aromatic N) is 1. The molecule has 10 heteroatoms. The van der Waals surface area contributed by atoms with Gasteiger partial charge in [-0.3, -0.25) is 14.5 Å². The standard InChI is InChI=1S/C24H14Cl4FNO4/c1-34-23-15(8-13(26)9-17(23)28)21(31)19-20(11-2-4-12(25)5-3-11)30(24(33)22(19)32)14-6-7-18(29)16(27)10-14/h2-10,20,31H,1H3/b21-19+. The second kappa shape index (κ2) is 9.47. The van der Waals surface area contributed by atoms with E-state index in [0.29, 0.717) is 10.6 Å². The molecule has 1 aliphatic rings. The minimum atomic E-state index is -1.10. The molecule has 1 amide bonds. The molecule has 1 N–H and O–H groups in total. The average molecular weight is 541 g/mol. The van der Waals surface area contributed by atoms with Crippen LogP contribution in [0.5, 0.6) is 5.75 Å². The molecule has 1 aliphatic heterocycles. The monoisotopic (exact) mass is 539 g/mol. The Kier molecular flexibility index (Phi) is 6.78. The predicted molar refractivity (Wildman–Crippen MR) is 131 cm³/mol. The third-order valence-electron chi connectivity index (χ3n) is 5.28. The third-order valence-corrected chi connectivity index (χ3v) is 6.32. The van der Waals surface area contributed by atoms with Crippen molar-refractivity contribution >= 4 is 69.5 Å². The smallest absolute Gasteiger partial charge is 0.300 e. The Morgan fingerprint density at radius 3 is 2.24 bits per heavy atom. The molecule has 0 spiro atoms. The van der Waals surface area contributed by atoms with Crippen molar-refractivity contribution in [1.82, 2.24) is 0 Å². The summed E-state index contributed by atoms with van der Waals surface area (Å²) in [6, 6.07) is 11.7. The Bertz CT molecular complexity index is 1360. The number of anilines is 1. The van der Waals surface area contributed by atoms with Crippen LogP contribution in [0.3, 0.4) is 0 Å². The maximum atomic E-state index is 13.8. The van der Waals surface area contributed by atoms with Crippen molar-refractivity contribution in [3.8, 4) is 5.75 Å². The first kappa shape index (κ1) is 24.4. The summed E-state index contributed by atoms with van der Waals surface area (Å²) in [6.07, 6.45) is 0. The number of hydrogen-bond donors (Lipinski definition) is 1. The molecular formula is C24H14Cl4FNO4. The molecule has 5 nitrogen and oxygen atoms in total. The summed E-state index contributed by atoms with van der Waals surface area (Å²) in [5.74, 6) is -3.10. The predicted octanol–water partition coefficient (Wildman–Crippen LogP) is 7.07. The fraction of sp³-hybridized carbons (Fsp3) is 0.0833. The fourth-order valence-electron chi connectivity index (χ4n) is 3.78. The van der Waals surface area contributed by atoms with Crippen molar-refractivity contribution in [2.45, 2.75) is 6.04 Å². The van der Waals surface area contributed by atoms with Crippen LogP contribution in [0.25, 0.3) is 5.76 Å². The van der Waals surface area contributed by atoms with Gasteiger partial charge in [0.1, 0.15) is 17.3 Å². The van der Waals surface area contributed by atoms with Crippen LogP contribution < -0.4 is 9.64 Å². The third kappa shape index (κ3) is 4.23. The van der Waals surface area contributed by atoms with E-state index in [1.165, 1.54) is 31.4 Å². The Morgan fingerprint density at radius 1 is 0.941 bits per heavy atom. The highest BCUT2D eigenvalue weighted by atomic mass is 35.5. The first-order valence-electron chi connectivity index (χ1n) is 9.69. The van der Waals surface area contributed by atoms with Gasteiger partial charge in [0.2, 0.25) is 0 Å². The van der Waals surface area contributed by atoms with Crippen molar-refractivity contribution in [1.29, 1.82) is 0 Å². The molecule has 3 aromatic carbocycles. The number of aliphatic hydroxyl groups is 1. The SMILES string of the molecule is COc1c(Cl)cc(Cl)cc1/C(O)=C1\C(=O)C(=O)N(c2ccc(F)c(Cl)c2)C1c1ccc(Cl)cc1. The molecule has 0 bridgehead atoms.